The first-order valence-electron chi connectivity index (χ1n) is 5.66. The van der Waals surface area contributed by atoms with Crippen molar-refractivity contribution in [3.8, 4) is 11.5 Å². The Labute approximate surface area is 119 Å². The van der Waals surface area contributed by atoms with E-state index in [9.17, 15) is 10.2 Å². The molecule has 0 aliphatic carbocycles. The Morgan fingerprint density at radius 2 is 1.95 bits per heavy atom. The normalized spacial score (nSPS) is 13.8. The van der Waals surface area contributed by atoms with Gasteiger partial charge >= 0.3 is 0 Å². The number of phenols is 2. The molecule has 0 atom stereocenters. The maximum absolute atomic E-state index is 9.86. The number of halogens is 1. The summed E-state index contributed by atoms with van der Waals surface area (Å²) in [7, 11) is 0. The average molecular weight is 292 g/mol. The first-order chi connectivity index (χ1) is 9.13. The average Bonchev–Trinajstić information content (AvgIpc) is 2.38. The molecule has 96 valence electrons. The molecule has 5 heteroatoms. The first kappa shape index (κ1) is 12.4. The van der Waals surface area contributed by atoms with Gasteiger partial charge in [0.2, 0.25) is 0 Å². The Hall–Kier alpha value is -1.65. The molecule has 0 saturated carbocycles. The minimum atomic E-state index is 0.0312. The monoisotopic (exact) mass is 291 g/mol. The smallest absolute Gasteiger partial charge is 0.129 e. The van der Waals surface area contributed by atoms with Crippen molar-refractivity contribution in [1.82, 2.24) is 0 Å². The third-order valence-electron chi connectivity index (χ3n) is 2.84. The van der Waals surface area contributed by atoms with Crippen LogP contribution in [0.4, 0.5) is 5.69 Å². The van der Waals surface area contributed by atoms with Crippen molar-refractivity contribution >= 4 is 34.1 Å². The SMILES string of the molecule is Oc1ccc(C2=Nc3ccc(Cl)cc3CS2)c(O)c1. The third kappa shape index (κ3) is 2.41. The molecule has 0 amide bonds. The number of rotatable bonds is 1. The lowest BCUT2D eigenvalue weighted by Gasteiger charge is -2.16. The second-order valence-corrected chi connectivity index (χ2v) is 5.58. The van der Waals surface area contributed by atoms with E-state index in [0.717, 1.165) is 22.0 Å². The van der Waals surface area contributed by atoms with Crippen LogP contribution in [0.25, 0.3) is 0 Å². The fraction of sp³-hybridized carbons (Fsp3) is 0.0714. The first-order valence-corrected chi connectivity index (χ1v) is 7.02. The Kier molecular flexibility index (Phi) is 3.12. The number of fused-ring (bicyclic) bond motifs is 1. The van der Waals surface area contributed by atoms with E-state index in [1.165, 1.54) is 23.9 Å². The van der Waals surface area contributed by atoms with Gasteiger partial charge in [-0.2, -0.15) is 0 Å². The second kappa shape index (κ2) is 4.79. The largest absolute Gasteiger partial charge is 0.508 e. The zero-order valence-electron chi connectivity index (χ0n) is 9.80. The van der Waals surface area contributed by atoms with Crippen molar-refractivity contribution in [3.63, 3.8) is 0 Å². The van der Waals surface area contributed by atoms with Crippen LogP contribution >= 0.6 is 23.4 Å². The lowest BCUT2D eigenvalue weighted by Crippen LogP contribution is -2.01. The molecule has 1 aliphatic heterocycles. The summed E-state index contributed by atoms with van der Waals surface area (Å²) in [6.45, 7) is 0. The van der Waals surface area contributed by atoms with Crippen LogP contribution in [0.5, 0.6) is 11.5 Å². The highest BCUT2D eigenvalue weighted by molar-refractivity contribution is 8.13. The van der Waals surface area contributed by atoms with Gasteiger partial charge in [-0.1, -0.05) is 11.6 Å². The molecule has 2 N–H and O–H groups in total. The number of thioether (sulfide) groups is 1. The van der Waals surface area contributed by atoms with Crippen molar-refractivity contribution in [3.05, 3.63) is 52.5 Å². The molecule has 0 fully saturated rings. The van der Waals surface area contributed by atoms with Gasteiger partial charge in [-0.05, 0) is 35.9 Å². The van der Waals surface area contributed by atoms with Gasteiger partial charge in [0.25, 0.3) is 0 Å². The van der Waals surface area contributed by atoms with Gasteiger partial charge in [0, 0.05) is 22.4 Å². The quantitative estimate of drug-likeness (QED) is 0.832. The number of benzene rings is 2. The zero-order chi connectivity index (χ0) is 13.4. The van der Waals surface area contributed by atoms with Crippen molar-refractivity contribution in [2.24, 2.45) is 4.99 Å². The van der Waals surface area contributed by atoms with Gasteiger partial charge < -0.3 is 10.2 Å². The Bertz CT molecular complexity index is 685. The molecule has 0 aromatic heterocycles. The standard InChI is InChI=1S/C14H10ClNO2S/c15-9-1-4-12-8(5-9)7-19-14(16-12)11-3-2-10(17)6-13(11)18/h1-6,17-18H,7H2. The Morgan fingerprint density at radius 3 is 2.74 bits per heavy atom. The number of hydrogen-bond acceptors (Lipinski definition) is 4. The van der Waals surface area contributed by atoms with Gasteiger partial charge in [0.15, 0.2) is 0 Å². The summed E-state index contributed by atoms with van der Waals surface area (Å²) in [6.07, 6.45) is 0. The van der Waals surface area contributed by atoms with Gasteiger partial charge in [0.1, 0.15) is 16.5 Å². The summed E-state index contributed by atoms with van der Waals surface area (Å²) in [4.78, 5) is 4.53. The molecule has 1 heterocycles. The van der Waals surface area contributed by atoms with Crippen LogP contribution in [-0.4, -0.2) is 15.3 Å². The molecule has 1 aliphatic rings. The van der Waals surface area contributed by atoms with Crippen LogP contribution in [-0.2, 0) is 5.75 Å². The van der Waals surface area contributed by atoms with E-state index in [1.807, 2.05) is 12.1 Å². The van der Waals surface area contributed by atoms with Gasteiger partial charge in [-0.3, -0.25) is 0 Å². The molecule has 2 aromatic rings. The second-order valence-electron chi connectivity index (χ2n) is 4.18. The van der Waals surface area contributed by atoms with Crippen molar-refractivity contribution in [2.75, 3.05) is 0 Å². The molecule has 0 radical (unpaired) electrons. The number of aromatic hydroxyl groups is 2. The van der Waals surface area contributed by atoms with Crippen LogP contribution in [0, 0.1) is 0 Å². The summed E-state index contributed by atoms with van der Waals surface area (Å²) in [6, 6.07) is 10.1. The fourth-order valence-electron chi connectivity index (χ4n) is 1.91. The Balaban J connectivity index is 2.05. The summed E-state index contributed by atoms with van der Waals surface area (Å²) >= 11 is 7.48. The van der Waals surface area contributed by atoms with Crippen molar-refractivity contribution in [1.29, 1.82) is 0 Å². The van der Waals surface area contributed by atoms with Crippen LogP contribution in [0.15, 0.2) is 41.4 Å². The Morgan fingerprint density at radius 1 is 1.11 bits per heavy atom. The van der Waals surface area contributed by atoms with Crippen LogP contribution in [0.2, 0.25) is 5.02 Å². The van der Waals surface area contributed by atoms with E-state index in [4.69, 9.17) is 11.6 Å². The van der Waals surface area contributed by atoms with Crippen molar-refractivity contribution in [2.45, 2.75) is 5.75 Å². The molecule has 0 bridgehead atoms. The molecule has 0 unspecified atom stereocenters. The minimum Gasteiger partial charge on any atom is -0.508 e. The number of hydrogen-bond donors (Lipinski definition) is 2. The highest BCUT2D eigenvalue weighted by Gasteiger charge is 2.17. The number of aliphatic imine (C=N–C) groups is 1. The molecule has 19 heavy (non-hydrogen) atoms. The van der Waals surface area contributed by atoms with Crippen LogP contribution in [0.1, 0.15) is 11.1 Å². The van der Waals surface area contributed by atoms with Crippen molar-refractivity contribution < 1.29 is 10.2 Å². The third-order valence-corrected chi connectivity index (χ3v) is 4.11. The predicted octanol–water partition coefficient (Wildman–Crippen LogP) is 4.08. The zero-order valence-corrected chi connectivity index (χ0v) is 11.4. The highest BCUT2D eigenvalue weighted by atomic mass is 35.5. The summed E-state index contributed by atoms with van der Waals surface area (Å²) in [5.41, 5.74) is 2.58. The van der Waals surface area contributed by atoms with Gasteiger partial charge in [-0.15, -0.1) is 11.8 Å². The van der Waals surface area contributed by atoms with E-state index in [-0.39, 0.29) is 11.5 Å². The minimum absolute atomic E-state index is 0.0312. The lowest BCUT2D eigenvalue weighted by molar-refractivity contribution is 0.450. The molecule has 2 aromatic carbocycles. The number of phenolic OH excluding ortho intramolecular Hbond substituents is 2. The topological polar surface area (TPSA) is 52.8 Å². The lowest BCUT2D eigenvalue weighted by atomic mass is 10.2. The molecule has 3 rings (SSSR count). The maximum Gasteiger partial charge on any atom is 0.129 e. The van der Waals surface area contributed by atoms with E-state index in [2.05, 4.69) is 4.99 Å². The molecular formula is C14H10ClNO2S. The van der Waals surface area contributed by atoms with Gasteiger partial charge in [0.05, 0.1) is 5.69 Å². The molecule has 0 saturated heterocycles. The molecule has 3 nitrogen and oxygen atoms in total. The highest BCUT2D eigenvalue weighted by Crippen LogP contribution is 2.37. The van der Waals surface area contributed by atoms with Crippen LogP contribution in [0.3, 0.4) is 0 Å². The van der Waals surface area contributed by atoms with Crippen LogP contribution < -0.4 is 0 Å². The molecular weight excluding hydrogens is 282 g/mol. The predicted molar refractivity (Wildman–Crippen MR) is 78.7 cm³/mol. The maximum atomic E-state index is 9.86. The summed E-state index contributed by atoms with van der Waals surface area (Å²) in [5.74, 6) is 0.827. The number of nitrogens with zero attached hydrogens (tertiary/aromatic N) is 1. The van der Waals surface area contributed by atoms with E-state index < -0.39 is 0 Å². The van der Waals surface area contributed by atoms with Gasteiger partial charge in [-0.25, -0.2) is 4.99 Å². The summed E-state index contributed by atoms with van der Waals surface area (Å²) in [5, 5.41) is 20.6. The van der Waals surface area contributed by atoms with E-state index >= 15 is 0 Å². The van der Waals surface area contributed by atoms with E-state index in [0.29, 0.717) is 10.6 Å². The van der Waals surface area contributed by atoms with E-state index in [1.54, 1.807) is 12.1 Å². The summed E-state index contributed by atoms with van der Waals surface area (Å²) < 4.78 is 0. The molecule has 0 spiro atoms. The fourth-order valence-corrected chi connectivity index (χ4v) is 3.11.